The summed E-state index contributed by atoms with van der Waals surface area (Å²) in [5.74, 6) is -0.423. The van der Waals surface area contributed by atoms with E-state index < -0.39 is 24.3 Å². The van der Waals surface area contributed by atoms with Crippen molar-refractivity contribution in [2.45, 2.75) is 45.8 Å². The van der Waals surface area contributed by atoms with Crippen molar-refractivity contribution < 1.29 is 18.8 Å². The van der Waals surface area contributed by atoms with Crippen LogP contribution < -0.4 is 5.46 Å². The maximum Gasteiger partial charge on any atom is 0.495 e. The molecule has 1 aliphatic heterocycles. The quantitative estimate of drug-likeness (QED) is 0.638. The Labute approximate surface area is 135 Å². The van der Waals surface area contributed by atoms with Crippen LogP contribution in [0, 0.1) is 0 Å². The summed E-state index contributed by atoms with van der Waals surface area (Å²) in [5.41, 5.74) is 1.03. The first-order valence-electron chi connectivity index (χ1n) is 7.75. The van der Waals surface area contributed by atoms with E-state index in [0.717, 1.165) is 5.46 Å². The van der Waals surface area contributed by atoms with Crippen molar-refractivity contribution in [1.82, 2.24) is 9.38 Å². The van der Waals surface area contributed by atoms with Crippen LogP contribution in [0.2, 0.25) is 0 Å². The molecule has 2 aromatic rings. The van der Waals surface area contributed by atoms with Gasteiger partial charge in [0.2, 0.25) is 0 Å². The predicted molar refractivity (Wildman–Crippen MR) is 86.9 cm³/mol. The lowest BCUT2D eigenvalue weighted by molar-refractivity contribution is 0.00578. The van der Waals surface area contributed by atoms with Gasteiger partial charge in [0.25, 0.3) is 0 Å². The van der Waals surface area contributed by atoms with Gasteiger partial charge in [-0.3, -0.25) is 0 Å². The largest absolute Gasteiger partial charge is 0.495 e. The zero-order chi connectivity index (χ0) is 16.8. The van der Waals surface area contributed by atoms with E-state index in [9.17, 15) is 4.79 Å². The number of ether oxygens (including phenoxy) is 1. The summed E-state index contributed by atoms with van der Waals surface area (Å²) in [7, 11) is -0.451. The van der Waals surface area contributed by atoms with E-state index in [2.05, 4.69) is 4.98 Å². The highest BCUT2D eigenvalue weighted by molar-refractivity contribution is 6.62. The van der Waals surface area contributed by atoms with Crippen molar-refractivity contribution in [3.05, 3.63) is 30.2 Å². The SMILES string of the molecule is CCOC(=O)c1cn2ccc(B3OC(C)(C)C(C)(C)O3)cc2n1. The van der Waals surface area contributed by atoms with Crippen molar-refractivity contribution in [1.29, 1.82) is 0 Å². The highest BCUT2D eigenvalue weighted by Gasteiger charge is 2.51. The van der Waals surface area contributed by atoms with E-state index in [0.29, 0.717) is 12.3 Å². The number of hydrogen-bond acceptors (Lipinski definition) is 5. The third-order valence-corrected chi connectivity index (χ3v) is 4.49. The number of imidazole rings is 1. The van der Waals surface area contributed by atoms with Crippen LogP contribution in [0.5, 0.6) is 0 Å². The minimum absolute atomic E-state index is 0.290. The molecule has 0 saturated carbocycles. The van der Waals surface area contributed by atoms with Crippen LogP contribution in [0.25, 0.3) is 5.65 Å². The molecule has 3 heterocycles. The van der Waals surface area contributed by atoms with Crippen molar-refractivity contribution in [2.24, 2.45) is 0 Å². The number of rotatable bonds is 3. The Balaban J connectivity index is 1.91. The second-order valence-electron chi connectivity index (χ2n) is 6.66. The number of carbonyl (C=O) groups excluding carboxylic acids is 1. The van der Waals surface area contributed by atoms with Gasteiger partial charge in [-0.1, -0.05) is 0 Å². The van der Waals surface area contributed by atoms with Gasteiger partial charge in [-0.05, 0) is 52.2 Å². The summed E-state index contributed by atoms with van der Waals surface area (Å²) in [6, 6.07) is 3.77. The van der Waals surface area contributed by atoms with E-state index in [4.69, 9.17) is 14.0 Å². The zero-order valence-corrected chi connectivity index (χ0v) is 14.1. The highest BCUT2D eigenvalue weighted by Crippen LogP contribution is 2.36. The Hall–Kier alpha value is -1.86. The number of carbonyl (C=O) groups is 1. The predicted octanol–water partition coefficient (Wildman–Crippen LogP) is 1.81. The first kappa shape index (κ1) is 16.0. The molecule has 0 amide bonds. The molecule has 7 heteroatoms. The molecule has 122 valence electrons. The second kappa shape index (κ2) is 5.35. The maximum atomic E-state index is 11.8. The minimum Gasteiger partial charge on any atom is -0.461 e. The minimum atomic E-state index is -0.451. The molecule has 0 unspecified atom stereocenters. The van der Waals surface area contributed by atoms with Crippen LogP contribution in [-0.4, -0.2) is 40.3 Å². The third-order valence-electron chi connectivity index (χ3n) is 4.49. The monoisotopic (exact) mass is 316 g/mol. The van der Waals surface area contributed by atoms with Crippen LogP contribution in [-0.2, 0) is 14.0 Å². The van der Waals surface area contributed by atoms with Crippen molar-refractivity contribution in [3.8, 4) is 0 Å². The van der Waals surface area contributed by atoms with Crippen LogP contribution in [0.1, 0.15) is 45.1 Å². The summed E-state index contributed by atoms with van der Waals surface area (Å²) < 4.78 is 18.8. The van der Waals surface area contributed by atoms with Gasteiger partial charge in [-0.15, -0.1) is 0 Å². The number of hydrogen-bond donors (Lipinski definition) is 0. The van der Waals surface area contributed by atoms with E-state index in [1.54, 1.807) is 17.5 Å². The topological polar surface area (TPSA) is 62.1 Å². The summed E-state index contributed by atoms with van der Waals surface area (Å²) >= 11 is 0. The van der Waals surface area contributed by atoms with Crippen LogP contribution in [0.15, 0.2) is 24.5 Å². The second-order valence-corrected chi connectivity index (χ2v) is 6.66. The third kappa shape index (κ3) is 2.75. The molecule has 0 aliphatic carbocycles. The normalized spacial score (nSPS) is 19.3. The molecule has 2 aromatic heterocycles. The molecule has 23 heavy (non-hydrogen) atoms. The molecular formula is C16H21BN2O4. The summed E-state index contributed by atoms with van der Waals surface area (Å²) in [6.45, 7) is 10.1. The molecule has 1 saturated heterocycles. The van der Waals surface area contributed by atoms with Gasteiger partial charge in [-0.25, -0.2) is 9.78 Å². The van der Waals surface area contributed by atoms with Crippen LogP contribution in [0.4, 0.5) is 0 Å². The van der Waals surface area contributed by atoms with E-state index >= 15 is 0 Å². The fraction of sp³-hybridized carbons (Fsp3) is 0.500. The number of fused-ring (bicyclic) bond motifs is 1. The molecule has 0 spiro atoms. The Morgan fingerprint density at radius 2 is 1.96 bits per heavy atom. The maximum absolute atomic E-state index is 11.8. The molecule has 0 aromatic carbocycles. The zero-order valence-electron chi connectivity index (χ0n) is 14.1. The number of pyridine rings is 1. The Morgan fingerprint density at radius 3 is 2.57 bits per heavy atom. The Bertz CT molecular complexity index is 738. The standard InChI is InChI=1S/C16H21BN2O4/c1-6-21-14(20)12-10-19-8-7-11(9-13(19)18-12)17-22-15(2,3)16(4,5)23-17/h7-10H,6H2,1-5H3. The van der Waals surface area contributed by atoms with Crippen LogP contribution in [0.3, 0.4) is 0 Å². The molecule has 0 radical (unpaired) electrons. The smallest absolute Gasteiger partial charge is 0.461 e. The van der Waals surface area contributed by atoms with Gasteiger partial charge < -0.3 is 18.4 Å². The number of aromatic nitrogens is 2. The molecule has 6 nitrogen and oxygen atoms in total. The summed E-state index contributed by atoms with van der Waals surface area (Å²) in [6.07, 6.45) is 3.49. The highest BCUT2D eigenvalue weighted by atomic mass is 16.7. The molecule has 0 N–H and O–H groups in total. The average molecular weight is 316 g/mol. The van der Waals surface area contributed by atoms with E-state index in [1.165, 1.54) is 0 Å². The molecule has 1 aliphatic rings. The van der Waals surface area contributed by atoms with Crippen molar-refractivity contribution in [2.75, 3.05) is 6.61 Å². The van der Waals surface area contributed by atoms with Gasteiger partial charge in [0.1, 0.15) is 5.65 Å². The van der Waals surface area contributed by atoms with Gasteiger partial charge in [-0.2, -0.15) is 0 Å². The summed E-state index contributed by atoms with van der Waals surface area (Å²) in [4.78, 5) is 16.1. The molecule has 0 atom stereocenters. The first-order chi connectivity index (χ1) is 10.7. The lowest BCUT2D eigenvalue weighted by Crippen LogP contribution is -2.41. The number of nitrogens with zero attached hydrogens (tertiary/aromatic N) is 2. The Kier molecular flexibility index (Phi) is 3.73. The Morgan fingerprint density at radius 1 is 1.30 bits per heavy atom. The summed E-state index contributed by atoms with van der Waals surface area (Å²) in [5, 5.41) is 0. The van der Waals surface area contributed by atoms with E-state index in [1.807, 2.05) is 46.0 Å². The fourth-order valence-electron chi connectivity index (χ4n) is 2.43. The van der Waals surface area contributed by atoms with Gasteiger partial charge in [0.15, 0.2) is 5.69 Å². The van der Waals surface area contributed by atoms with Gasteiger partial charge in [0.05, 0.1) is 17.8 Å². The lowest BCUT2D eigenvalue weighted by atomic mass is 9.80. The fourth-order valence-corrected chi connectivity index (χ4v) is 2.43. The molecular weight excluding hydrogens is 295 g/mol. The lowest BCUT2D eigenvalue weighted by Gasteiger charge is -2.32. The van der Waals surface area contributed by atoms with Crippen LogP contribution >= 0.6 is 0 Å². The van der Waals surface area contributed by atoms with Gasteiger partial charge >= 0.3 is 13.1 Å². The van der Waals surface area contributed by atoms with E-state index in [-0.39, 0.29) is 5.69 Å². The number of esters is 1. The first-order valence-corrected chi connectivity index (χ1v) is 7.75. The van der Waals surface area contributed by atoms with Crippen molar-refractivity contribution >= 4 is 24.2 Å². The molecule has 0 bridgehead atoms. The molecule has 1 fully saturated rings. The molecule has 3 rings (SSSR count). The van der Waals surface area contributed by atoms with Crippen molar-refractivity contribution in [3.63, 3.8) is 0 Å². The van der Waals surface area contributed by atoms with Gasteiger partial charge in [0, 0.05) is 12.4 Å². The average Bonchev–Trinajstić information content (AvgIpc) is 2.97.